The number of aryl methyl sites for hydroxylation is 1. The van der Waals surface area contributed by atoms with Gasteiger partial charge in [0, 0.05) is 66.2 Å². The Hall–Kier alpha value is -5.21. The largest absolute Gasteiger partial charge is 0.435 e. The van der Waals surface area contributed by atoms with Crippen molar-refractivity contribution >= 4 is 61.8 Å². The maximum atomic E-state index is 15.0. The molecule has 55 heavy (non-hydrogen) atoms. The Morgan fingerprint density at radius 1 is 1.09 bits per heavy atom. The average molecular weight is 803 g/mol. The van der Waals surface area contributed by atoms with E-state index in [0.717, 1.165) is 23.1 Å². The third-order valence-corrected chi connectivity index (χ3v) is 10.8. The molecule has 11 nitrogen and oxygen atoms in total. The van der Waals surface area contributed by atoms with E-state index in [0.29, 0.717) is 49.5 Å². The lowest BCUT2D eigenvalue weighted by Crippen LogP contribution is -2.35. The molecule has 2 aromatic carbocycles. The number of carbonyl (C=O) groups excluding carboxylic acids is 1. The number of para-hydroxylation sites is 1. The smallest absolute Gasteiger partial charge is 0.346 e. The Balaban J connectivity index is 1.29. The van der Waals surface area contributed by atoms with Crippen LogP contribution in [0.3, 0.4) is 0 Å². The molecule has 20 heteroatoms. The van der Waals surface area contributed by atoms with Gasteiger partial charge in [0.15, 0.2) is 17.2 Å². The topological polar surface area (TPSA) is 127 Å². The molecule has 5 heterocycles. The van der Waals surface area contributed by atoms with Gasteiger partial charge in [-0.3, -0.25) is 14.2 Å². The van der Waals surface area contributed by atoms with Gasteiger partial charge in [-0.25, -0.2) is 24.2 Å². The molecule has 2 aliphatic rings. The van der Waals surface area contributed by atoms with E-state index in [2.05, 4.69) is 31.1 Å². The van der Waals surface area contributed by atoms with E-state index in [1.807, 2.05) is 30.5 Å². The number of anilines is 1. The standard InChI is InChI=1S/C35H29F7N10OS2/c1-51-28-20(4-3-5-21(28)31(49-51)50-54-2)23-12-25-32(47-33(55-25)17-13-43-44-14-17)46-27(23)24(10-16-8-18(36)11-19(37)9-16)45-26(53)15-52-30-22(6-7-34(30,38)39)29(48-52)35(40,41)42/h3-5,8-9,11-13,24,43-44H,6-7,10,14-15H2,1-2H3,(H,45,53)(H,49,50). The zero-order valence-electron chi connectivity index (χ0n) is 28.8. The van der Waals surface area contributed by atoms with Crippen LogP contribution in [0.5, 0.6) is 0 Å². The number of fused-ring (bicyclic) bond motifs is 3. The van der Waals surface area contributed by atoms with Crippen molar-refractivity contribution in [3.63, 3.8) is 0 Å². The van der Waals surface area contributed by atoms with Crippen molar-refractivity contribution in [2.45, 2.75) is 43.9 Å². The predicted molar refractivity (Wildman–Crippen MR) is 194 cm³/mol. The molecule has 0 fully saturated rings. The van der Waals surface area contributed by atoms with Crippen molar-refractivity contribution in [1.29, 1.82) is 0 Å². The number of alkyl halides is 5. The van der Waals surface area contributed by atoms with E-state index < -0.39 is 72.0 Å². The van der Waals surface area contributed by atoms with E-state index in [1.165, 1.54) is 23.3 Å². The van der Waals surface area contributed by atoms with E-state index in [4.69, 9.17) is 9.97 Å². The number of pyridine rings is 1. The van der Waals surface area contributed by atoms with Crippen molar-refractivity contribution in [2.24, 2.45) is 7.05 Å². The molecule has 1 amide bonds. The van der Waals surface area contributed by atoms with Crippen LogP contribution in [0.2, 0.25) is 0 Å². The summed E-state index contributed by atoms with van der Waals surface area (Å²) in [6.45, 7) is -0.523. The van der Waals surface area contributed by atoms with E-state index in [-0.39, 0.29) is 23.3 Å². The van der Waals surface area contributed by atoms with Crippen LogP contribution in [0.25, 0.3) is 38.0 Å². The molecule has 286 valence electrons. The van der Waals surface area contributed by atoms with Gasteiger partial charge in [-0.1, -0.05) is 24.1 Å². The maximum Gasteiger partial charge on any atom is 0.435 e. The zero-order chi connectivity index (χ0) is 38.8. The van der Waals surface area contributed by atoms with Crippen molar-refractivity contribution < 1.29 is 35.5 Å². The minimum Gasteiger partial charge on any atom is -0.346 e. The quantitative estimate of drug-likeness (QED) is 0.0855. The molecule has 0 saturated carbocycles. The molecule has 0 bridgehead atoms. The van der Waals surface area contributed by atoms with Crippen molar-refractivity contribution in [1.82, 2.24) is 45.7 Å². The summed E-state index contributed by atoms with van der Waals surface area (Å²) < 4.78 is 107. The van der Waals surface area contributed by atoms with E-state index in [9.17, 15) is 35.5 Å². The second-order valence-electron chi connectivity index (χ2n) is 13.0. The summed E-state index contributed by atoms with van der Waals surface area (Å²) in [5.74, 6) is -5.84. The summed E-state index contributed by atoms with van der Waals surface area (Å²) in [6.07, 6.45) is -3.11. The second-order valence-corrected chi connectivity index (χ2v) is 14.7. The zero-order valence-corrected chi connectivity index (χ0v) is 30.4. The third kappa shape index (κ3) is 6.86. The predicted octanol–water partition coefficient (Wildman–Crippen LogP) is 7.02. The van der Waals surface area contributed by atoms with Crippen LogP contribution in [-0.2, 0) is 43.3 Å². The Morgan fingerprint density at radius 3 is 2.58 bits per heavy atom. The Bertz CT molecular complexity index is 2510. The third-order valence-electron chi connectivity index (χ3n) is 9.34. The first-order chi connectivity index (χ1) is 26.2. The minimum atomic E-state index is -5.03. The molecule has 1 aliphatic carbocycles. The highest BCUT2D eigenvalue weighted by Gasteiger charge is 2.50. The van der Waals surface area contributed by atoms with Gasteiger partial charge in [0.2, 0.25) is 5.91 Å². The normalized spacial score (nSPS) is 15.7. The van der Waals surface area contributed by atoms with Gasteiger partial charge in [-0.05, 0) is 42.7 Å². The fraction of sp³-hybridized carbons (Fsp3) is 0.286. The highest BCUT2D eigenvalue weighted by molar-refractivity contribution is 7.99. The average Bonchev–Trinajstić information content (AvgIpc) is 3.94. The van der Waals surface area contributed by atoms with Crippen molar-refractivity contribution in [3.05, 3.63) is 93.5 Å². The number of carbonyl (C=O) groups is 1. The Kier molecular flexibility index (Phi) is 9.24. The molecule has 1 unspecified atom stereocenters. The van der Waals surface area contributed by atoms with Crippen molar-refractivity contribution in [3.8, 4) is 11.1 Å². The number of aromatic nitrogens is 6. The summed E-state index contributed by atoms with van der Waals surface area (Å²) >= 11 is 2.71. The van der Waals surface area contributed by atoms with E-state index in [1.54, 1.807) is 17.9 Å². The molecule has 8 rings (SSSR count). The summed E-state index contributed by atoms with van der Waals surface area (Å²) in [4.78, 5) is 23.6. The number of hydrazine groups is 1. The lowest BCUT2D eigenvalue weighted by atomic mass is 9.94. The minimum absolute atomic E-state index is 0.110. The SMILES string of the molecule is CSNc1nn(C)c2c(-c3cc4sc(C5=CNNC5)nc4nc3C(Cc3cc(F)cc(F)c3)NC(=O)Cn3nc(C(F)(F)F)c4c3C(F)(F)CC4)cccc12. The molecule has 0 saturated heterocycles. The molecule has 1 aliphatic heterocycles. The number of hydrogen-bond donors (Lipinski definition) is 4. The number of nitrogens with one attached hydrogen (secondary N) is 4. The van der Waals surface area contributed by atoms with Crippen LogP contribution in [0.15, 0.2) is 48.7 Å². The van der Waals surface area contributed by atoms with Crippen molar-refractivity contribution in [2.75, 3.05) is 17.5 Å². The lowest BCUT2D eigenvalue weighted by molar-refractivity contribution is -0.142. The van der Waals surface area contributed by atoms with Crippen LogP contribution < -0.4 is 20.9 Å². The van der Waals surface area contributed by atoms with Gasteiger partial charge in [-0.15, -0.1) is 11.3 Å². The van der Waals surface area contributed by atoms with Gasteiger partial charge in [-0.2, -0.15) is 32.1 Å². The number of rotatable bonds is 10. The molecule has 0 radical (unpaired) electrons. The summed E-state index contributed by atoms with van der Waals surface area (Å²) in [5.41, 5.74) is 6.03. The molecule has 0 spiro atoms. The van der Waals surface area contributed by atoms with Gasteiger partial charge >= 0.3 is 6.18 Å². The second kappa shape index (κ2) is 13.8. The fourth-order valence-electron chi connectivity index (χ4n) is 7.14. The highest BCUT2D eigenvalue weighted by atomic mass is 32.2. The number of hydrogen-bond acceptors (Lipinski definition) is 10. The summed E-state index contributed by atoms with van der Waals surface area (Å²) in [6, 6.07) is 8.96. The van der Waals surface area contributed by atoms with Gasteiger partial charge < -0.3 is 15.5 Å². The fourth-order valence-corrected chi connectivity index (χ4v) is 8.45. The van der Waals surface area contributed by atoms with Gasteiger partial charge in [0.05, 0.1) is 22.0 Å². The van der Waals surface area contributed by atoms with Crippen LogP contribution >= 0.6 is 23.3 Å². The molecular formula is C35H29F7N10OS2. The molecular weight excluding hydrogens is 774 g/mol. The molecule has 4 aromatic heterocycles. The first kappa shape index (κ1) is 36.8. The first-order valence-corrected chi connectivity index (χ1v) is 18.8. The monoisotopic (exact) mass is 802 g/mol. The number of thiazole rings is 1. The van der Waals surface area contributed by atoms with E-state index >= 15 is 0 Å². The van der Waals surface area contributed by atoms with Crippen LogP contribution in [0.4, 0.5) is 36.6 Å². The molecule has 1 atom stereocenters. The van der Waals surface area contributed by atoms with Gasteiger partial charge in [0.25, 0.3) is 5.92 Å². The number of halogens is 7. The Labute approximate surface area is 315 Å². The lowest BCUT2D eigenvalue weighted by Gasteiger charge is -2.23. The highest BCUT2D eigenvalue weighted by Crippen LogP contribution is 2.46. The summed E-state index contributed by atoms with van der Waals surface area (Å²) in [7, 11) is 1.75. The number of benzene rings is 2. The van der Waals surface area contributed by atoms with Crippen LogP contribution in [-0.4, -0.2) is 48.2 Å². The van der Waals surface area contributed by atoms with Crippen LogP contribution in [0.1, 0.15) is 45.7 Å². The maximum absolute atomic E-state index is 15.0. The molecule has 6 aromatic rings. The first-order valence-electron chi connectivity index (χ1n) is 16.7. The summed E-state index contributed by atoms with van der Waals surface area (Å²) in [5, 5.41) is 12.2. The van der Waals surface area contributed by atoms with Crippen LogP contribution in [0, 0.1) is 11.6 Å². The number of amides is 1. The van der Waals surface area contributed by atoms with Gasteiger partial charge in [0.1, 0.15) is 28.9 Å². The molecule has 4 N–H and O–H groups in total. The Morgan fingerprint density at radius 2 is 1.87 bits per heavy atom. The number of nitrogens with zero attached hydrogens (tertiary/aromatic N) is 6.